The number of furan rings is 1. The van der Waals surface area contributed by atoms with Gasteiger partial charge in [0.2, 0.25) is 0 Å². The number of alkyl halides is 3. The van der Waals surface area contributed by atoms with Crippen molar-refractivity contribution in [2.75, 3.05) is 26.2 Å². The second-order valence-electron chi connectivity index (χ2n) is 6.17. The first-order valence-electron chi connectivity index (χ1n) is 8.24. The fourth-order valence-electron chi connectivity index (χ4n) is 2.84. The lowest BCUT2D eigenvalue weighted by molar-refractivity contribution is -0.137. The van der Waals surface area contributed by atoms with Gasteiger partial charge < -0.3 is 19.3 Å². The minimum atomic E-state index is -4.54. The van der Waals surface area contributed by atoms with Crippen molar-refractivity contribution in [1.29, 1.82) is 0 Å². The van der Waals surface area contributed by atoms with Gasteiger partial charge in [-0.05, 0) is 18.2 Å². The van der Waals surface area contributed by atoms with Crippen LogP contribution in [-0.4, -0.2) is 58.9 Å². The molecule has 0 bridgehead atoms. The molecule has 1 aromatic heterocycles. The molecule has 3 rings (SSSR count). The number of piperazine rings is 1. The fraction of sp³-hybridized carbons (Fsp3) is 0.278. The molecule has 1 N–H and O–H groups in total. The van der Waals surface area contributed by atoms with Gasteiger partial charge >= 0.3 is 12.1 Å². The third kappa shape index (κ3) is 4.00. The van der Waals surface area contributed by atoms with Gasteiger partial charge in [0.05, 0.1) is 11.1 Å². The monoisotopic (exact) mass is 396 g/mol. The van der Waals surface area contributed by atoms with Gasteiger partial charge in [0.15, 0.2) is 5.76 Å². The number of hydrogen-bond donors (Lipinski definition) is 1. The molecule has 0 saturated carbocycles. The molecule has 2 heterocycles. The van der Waals surface area contributed by atoms with Crippen molar-refractivity contribution in [3.8, 4) is 0 Å². The zero-order chi connectivity index (χ0) is 20.5. The van der Waals surface area contributed by atoms with E-state index in [4.69, 9.17) is 9.52 Å². The maximum absolute atomic E-state index is 12.8. The van der Waals surface area contributed by atoms with Crippen molar-refractivity contribution >= 4 is 17.8 Å². The van der Waals surface area contributed by atoms with E-state index in [1.54, 1.807) is 0 Å². The second kappa shape index (κ2) is 7.37. The Bertz CT molecular complexity index is 914. The highest BCUT2D eigenvalue weighted by Gasteiger charge is 2.32. The highest BCUT2D eigenvalue weighted by atomic mass is 19.4. The van der Waals surface area contributed by atoms with Gasteiger partial charge in [0.1, 0.15) is 6.26 Å². The molecule has 1 aromatic carbocycles. The summed E-state index contributed by atoms with van der Waals surface area (Å²) in [6, 6.07) is 5.29. The van der Waals surface area contributed by atoms with E-state index in [0.717, 1.165) is 24.5 Å². The lowest BCUT2D eigenvalue weighted by atomic mass is 10.1. The summed E-state index contributed by atoms with van der Waals surface area (Å²) in [5.41, 5.74) is -1.13. The Morgan fingerprint density at radius 2 is 1.54 bits per heavy atom. The SMILES string of the molecule is O=C(O)c1coc(C(=O)N2CCN(C(=O)c3cccc(C(F)(F)F)c3)CC2)c1. The second-order valence-corrected chi connectivity index (χ2v) is 6.17. The molecule has 2 amide bonds. The van der Waals surface area contributed by atoms with Gasteiger partial charge in [-0.2, -0.15) is 13.2 Å². The maximum atomic E-state index is 12.8. The summed E-state index contributed by atoms with van der Waals surface area (Å²) >= 11 is 0. The van der Waals surface area contributed by atoms with E-state index in [1.165, 1.54) is 21.9 Å². The summed E-state index contributed by atoms with van der Waals surface area (Å²) in [4.78, 5) is 38.4. The molecule has 28 heavy (non-hydrogen) atoms. The minimum absolute atomic E-state index is 0.0771. The molecule has 2 aromatic rings. The van der Waals surface area contributed by atoms with Crippen LogP contribution in [-0.2, 0) is 6.18 Å². The number of halogens is 3. The zero-order valence-corrected chi connectivity index (χ0v) is 14.4. The molecule has 10 heteroatoms. The molecule has 0 aliphatic carbocycles. The topological polar surface area (TPSA) is 91.1 Å². The number of rotatable bonds is 3. The molecule has 7 nitrogen and oxygen atoms in total. The minimum Gasteiger partial charge on any atom is -0.478 e. The molecule has 1 aliphatic heterocycles. The normalized spacial score (nSPS) is 14.8. The number of carboxylic acid groups (broad SMARTS) is 1. The van der Waals surface area contributed by atoms with E-state index in [-0.39, 0.29) is 43.1 Å². The first-order valence-corrected chi connectivity index (χ1v) is 8.24. The van der Waals surface area contributed by atoms with Crippen molar-refractivity contribution < 1.29 is 37.1 Å². The number of carboxylic acids is 1. The summed E-state index contributed by atoms with van der Waals surface area (Å²) < 4.78 is 43.4. The van der Waals surface area contributed by atoms with Crippen LogP contribution in [0.3, 0.4) is 0 Å². The number of amides is 2. The van der Waals surface area contributed by atoms with E-state index < -0.39 is 29.5 Å². The number of carbonyl (C=O) groups excluding carboxylic acids is 2. The van der Waals surface area contributed by atoms with Gasteiger partial charge in [0.25, 0.3) is 11.8 Å². The molecular formula is C18H15F3N2O5. The van der Waals surface area contributed by atoms with Crippen LogP contribution in [0.4, 0.5) is 13.2 Å². The van der Waals surface area contributed by atoms with Gasteiger partial charge in [-0.1, -0.05) is 6.07 Å². The van der Waals surface area contributed by atoms with Crippen LogP contribution >= 0.6 is 0 Å². The first-order chi connectivity index (χ1) is 13.2. The fourth-order valence-corrected chi connectivity index (χ4v) is 2.84. The van der Waals surface area contributed by atoms with E-state index in [2.05, 4.69) is 0 Å². The number of carbonyl (C=O) groups is 3. The van der Waals surface area contributed by atoms with Crippen LogP contribution in [0.5, 0.6) is 0 Å². The number of nitrogens with zero attached hydrogens (tertiary/aromatic N) is 2. The average Bonchev–Trinajstić information content (AvgIpc) is 3.17. The highest BCUT2D eigenvalue weighted by molar-refractivity contribution is 5.96. The molecular weight excluding hydrogens is 381 g/mol. The zero-order valence-electron chi connectivity index (χ0n) is 14.4. The summed E-state index contributed by atoms with van der Waals surface area (Å²) in [6.07, 6.45) is -3.58. The largest absolute Gasteiger partial charge is 0.478 e. The molecule has 0 atom stereocenters. The smallest absolute Gasteiger partial charge is 0.416 e. The Morgan fingerprint density at radius 1 is 0.929 bits per heavy atom. The molecule has 148 valence electrons. The van der Waals surface area contributed by atoms with Crippen LogP contribution in [0.15, 0.2) is 41.0 Å². The van der Waals surface area contributed by atoms with Crippen molar-refractivity contribution in [3.05, 3.63) is 59.0 Å². The maximum Gasteiger partial charge on any atom is 0.416 e. The van der Waals surface area contributed by atoms with Crippen molar-refractivity contribution in [3.63, 3.8) is 0 Å². The van der Waals surface area contributed by atoms with E-state index in [9.17, 15) is 27.6 Å². The molecule has 1 fully saturated rings. The quantitative estimate of drug-likeness (QED) is 0.861. The van der Waals surface area contributed by atoms with E-state index in [1.807, 2.05) is 0 Å². The van der Waals surface area contributed by atoms with Crippen molar-refractivity contribution in [1.82, 2.24) is 9.80 Å². The van der Waals surface area contributed by atoms with Gasteiger partial charge in [-0.3, -0.25) is 9.59 Å². The van der Waals surface area contributed by atoms with E-state index in [0.29, 0.717) is 0 Å². The van der Waals surface area contributed by atoms with Crippen LogP contribution in [0.25, 0.3) is 0 Å². The van der Waals surface area contributed by atoms with Crippen LogP contribution in [0.2, 0.25) is 0 Å². The van der Waals surface area contributed by atoms with Crippen molar-refractivity contribution in [2.24, 2.45) is 0 Å². The predicted molar refractivity (Wildman–Crippen MR) is 88.9 cm³/mol. The average molecular weight is 396 g/mol. The lowest BCUT2D eigenvalue weighted by Gasteiger charge is -2.34. The number of aromatic carboxylic acids is 1. The van der Waals surface area contributed by atoms with E-state index >= 15 is 0 Å². The molecule has 1 aliphatic rings. The summed E-state index contributed by atoms with van der Waals surface area (Å²) in [6.45, 7) is 0.555. The van der Waals surface area contributed by atoms with Crippen LogP contribution in [0.1, 0.15) is 36.8 Å². The molecule has 0 spiro atoms. The Morgan fingerprint density at radius 3 is 2.07 bits per heavy atom. The predicted octanol–water partition coefficient (Wildman–Crippen LogP) is 2.59. The van der Waals surface area contributed by atoms with Gasteiger partial charge in [0, 0.05) is 37.8 Å². The third-order valence-corrected chi connectivity index (χ3v) is 4.35. The Kier molecular flexibility index (Phi) is 5.12. The number of benzene rings is 1. The number of hydrogen-bond acceptors (Lipinski definition) is 4. The molecule has 0 radical (unpaired) electrons. The first kappa shape index (κ1) is 19.5. The standard InChI is InChI=1S/C18H15F3N2O5/c19-18(20,21)13-3-1-2-11(8-13)15(24)22-4-6-23(7-5-22)16(25)14-9-12(10-28-14)17(26)27/h1-3,8-10H,4-7H2,(H,26,27). The van der Waals surface area contributed by atoms with Crippen LogP contribution < -0.4 is 0 Å². The summed E-state index contributed by atoms with van der Waals surface area (Å²) in [5.74, 6) is -2.42. The van der Waals surface area contributed by atoms with Gasteiger partial charge in [-0.25, -0.2) is 4.79 Å². The summed E-state index contributed by atoms with van der Waals surface area (Å²) in [7, 11) is 0. The van der Waals surface area contributed by atoms with Crippen LogP contribution in [0, 0.1) is 0 Å². The Labute approximate surface area is 156 Å². The molecule has 1 saturated heterocycles. The lowest BCUT2D eigenvalue weighted by Crippen LogP contribution is -2.50. The Balaban J connectivity index is 1.64. The third-order valence-electron chi connectivity index (χ3n) is 4.35. The Hall–Kier alpha value is -3.30. The van der Waals surface area contributed by atoms with Gasteiger partial charge in [-0.15, -0.1) is 0 Å². The van der Waals surface area contributed by atoms with Crippen molar-refractivity contribution in [2.45, 2.75) is 6.18 Å². The highest BCUT2D eigenvalue weighted by Crippen LogP contribution is 2.29. The molecule has 0 unspecified atom stereocenters. The summed E-state index contributed by atoms with van der Waals surface area (Å²) in [5, 5.41) is 8.86.